The van der Waals surface area contributed by atoms with Crippen molar-refractivity contribution in [3.05, 3.63) is 29.8 Å². The van der Waals surface area contributed by atoms with Crippen LogP contribution in [0.2, 0.25) is 0 Å². The highest BCUT2D eigenvalue weighted by Gasteiger charge is 2.65. The lowest BCUT2D eigenvalue weighted by molar-refractivity contribution is -0.185. The molecule has 2 N–H and O–H groups in total. The SMILES string of the molecule is CCCCCCNC(=O)O[C@H]1C[C@H](C(=O)OC)[C@H](C(=O)OC)C2CN(S(=O)(=O)c3ccc(C)cc3)C[C@@]21O. The molecule has 1 saturated heterocycles. The quantitative estimate of drug-likeness (QED) is 0.252. The van der Waals surface area contributed by atoms with Crippen molar-refractivity contribution in [3.8, 4) is 0 Å². The first kappa shape index (κ1) is 29.9. The van der Waals surface area contributed by atoms with Crippen LogP contribution in [0.5, 0.6) is 0 Å². The number of ether oxygens (including phenoxy) is 3. The average molecular weight is 555 g/mol. The van der Waals surface area contributed by atoms with E-state index in [-0.39, 0.29) is 17.9 Å². The van der Waals surface area contributed by atoms with Crippen LogP contribution in [0.4, 0.5) is 4.79 Å². The summed E-state index contributed by atoms with van der Waals surface area (Å²) in [6, 6.07) is 6.25. The Morgan fingerprint density at radius 3 is 2.34 bits per heavy atom. The van der Waals surface area contributed by atoms with Crippen LogP contribution in [-0.2, 0) is 33.8 Å². The molecule has 38 heavy (non-hydrogen) atoms. The summed E-state index contributed by atoms with van der Waals surface area (Å²) in [6.45, 7) is 3.56. The minimum absolute atomic E-state index is 0.0202. The number of nitrogens with one attached hydrogen (secondary N) is 1. The minimum atomic E-state index is -4.08. The van der Waals surface area contributed by atoms with E-state index in [1.807, 2.05) is 6.92 Å². The van der Waals surface area contributed by atoms with Crippen molar-refractivity contribution in [2.45, 2.75) is 62.6 Å². The van der Waals surface area contributed by atoms with Crippen molar-refractivity contribution in [2.24, 2.45) is 17.8 Å². The molecule has 212 valence electrons. The molecule has 0 aromatic heterocycles. The van der Waals surface area contributed by atoms with Gasteiger partial charge in [-0.15, -0.1) is 0 Å². The number of methoxy groups -OCH3 is 2. The summed E-state index contributed by atoms with van der Waals surface area (Å²) in [7, 11) is -1.76. The summed E-state index contributed by atoms with van der Waals surface area (Å²) in [5.41, 5.74) is -1.07. The molecule has 11 nitrogen and oxygen atoms in total. The third-order valence-electron chi connectivity index (χ3n) is 7.55. The average Bonchev–Trinajstić information content (AvgIpc) is 3.27. The summed E-state index contributed by atoms with van der Waals surface area (Å²) in [6.07, 6.45) is 1.45. The van der Waals surface area contributed by atoms with Gasteiger partial charge in [0, 0.05) is 32.0 Å². The molecule has 1 amide bonds. The molecule has 1 aliphatic carbocycles. The van der Waals surface area contributed by atoms with Gasteiger partial charge in [0.1, 0.15) is 11.7 Å². The summed E-state index contributed by atoms with van der Waals surface area (Å²) in [5.74, 6) is -4.92. The molecule has 0 bridgehead atoms. The number of alkyl carbamates (subject to hydrolysis) is 1. The van der Waals surface area contributed by atoms with Crippen LogP contribution < -0.4 is 5.32 Å². The smallest absolute Gasteiger partial charge is 0.407 e. The molecule has 3 rings (SSSR count). The number of amides is 1. The Morgan fingerprint density at radius 1 is 1.08 bits per heavy atom. The molecule has 12 heteroatoms. The van der Waals surface area contributed by atoms with E-state index in [0.717, 1.165) is 42.7 Å². The number of fused-ring (bicyclic) bond motifs is 1. The van der Waals surface area contributed by atoms with E-state index < -0.39 is 64.1 Å². The summed E-state index contributed by atoms with van der Waals surface area (Å²) in [4.78, 5) is 38.3. The van der Waals surface area contributed by atoms with Gasteiger partial charge in [0.2, 0.25) is 10.0 Å². The van der Waals surface area contributed by atoms with E-state index in [9.17, 15) is 27.9 Å². The molecular formula is C26H38N2O9S. The van der Waals surface area contributed by atoms with Gasteiger partial charge in [-0.05, 0) is 25.5 Å². The van der Waals surface area contributed by atoms with E-state index >= 15 is 0 Å². The van der Waals surface area contributed by atoms with Crippen LogP contribution in [0.25, 0.3) is 0 Å². The molecule has 0 spiro atoms. The zero-order valence-corrected chi connectivity index (χ0v) is 23.2. The van der Waals surface area contributed by atoms with Gasteiger partial charge >= 0.3 is 18.0 Å². The van der Waals surface area contributed by atoms with E-state index in [0.29, 0.717) is 6.54 Å². The van der Waals surface area contributed by atoms with E-state index in [4.69, 9.17) is 14.2 Å². The monoisotopic (exact) mass is 554 g/mol. The lowest BCUT2D eigenvalue weighted by Crippen LogP contribution is -2.61. The van der Waals surface area contributed by atoms with Gasteiger partial charge in [0.05, 0.1) is 31.0 Å². The number of rotatable bonds is 10. The van der Waals surface area contributed by atoms with Crippen molar-refractivity contribution in [1.82, 2.24) is 9.62 Å². The van der Waals surface area contributed by atoms with E-state index in [1.54, 1.807) is 12.1 Å². The van der Waals surface area contributed by atoms with Gasteiger partial charge in [0.15, 0.2) is 0 Å². The third kappa shape index (κ3) is 6.13. The number of benzene rings is 1. The summed E-state index contributed by atoms with van der Waals surface area (Å²) >= 11 is 0. The maximum atomic E-state index is 13.5. The first-order valence-corrected chi connectivity index (χ1v) is 14.3. The van der Waals surface area contributed by atoms with Gasteiger partial charge in [-0.2, -0.15) is 4.31 Å². The number of nitrogens with zero attached hydrogens (tertiary/aromatic N) is 1. The van der Waals surface area contributed by atoms with Crippen LogP contribution in [0.3, 0.4) is 0 Å². The zero-order valence-electron chi connectivity index (χ0n) is 22.3. The Kier molecular flexibility index (Phi) is 9.77. The van der Waals surface area contributed by atoms with Crippen LogP contribution in [0.1, 0.15) is 44.6 Å². The predicted octanol–water partition coefficient (Wildman–Crippen LogP) is 2.00. The Labute approximate surface area is 223 Å². The second-order valence-corrected chi connectivity index (χ2v) is 11.9. The number of carbonyl (C=O) groups excluding carboxylic acids is 3. The molecule has 5 atom stereocenters. The Balaban J connectivity index is 1.93. The number of sulfonamides is 1. The maximum absolute atomic E-state index is 13.5. The molecule has 0 radical (unpaired) electrons. The topological polar surface area (TPSA) is 149 Å². The van der Waals surface area contributed by atoms with Gasteiger partial charge in [-0.1, -0.05) is 43.9 Å². The number of esters is 2. The standard InChI is InChI=1S/C26H38N2O9S/c1-5-6-7-8-13-27-25(31)37-21-14-19(23(29)35-3)22(24(30)36-4)20-15-28(16-26(20,21)32)38(33,34)18-11-9-17(2)10-12-18/h9-12,19-22,32H,5-8,13-16H2,1-4H3,(H,27,31)/t19-,20?,21-,22-,26+/m0/s1. The normalized spacial score (nSPS) is 27.3. The number of aryl methyl sites for hydroxylation is 1. The zero-order chi connectivity index (χ0) is 28.1. The highest BCUT2D eigenvalue weighted by molar-refractivity contribution is 7.89. The third-order valence-corrected chi connectivity index (χ3v) is 9.38. The van der Waals surface area contributed by atoms with Gasteiger partial charge in [-0.25, -0.2) is 13.2 Å². The van der Waals surface area contributed by atoms with Crippen molar-refractivity contribution >= 4 is 28.1 Å². The van der Waals surface area contributed by atoms with Crippen molar-refractivity contribution in [1.29, 1.82) is 0 Å². The Morgan fingerprint density at radius 2 is 1.74 bits per heavy atom. The predicted molar refractivity (Wildman–Crippen MR) is 136 cm³/mol. The Hall–Kier alpha value is -2.70. The molecule has 1 aliphatic heterocycles. The number of aliphatic hydroxyl groups is 1. The van der Waals surface area contributed by atoms with Crippen molar-refractivity contribution < 1.29 is 42.1 Å². The second-order valence-electron chi connectivity index (χ2n) is 10.0. The van der Waals surface area contributed by atoms with Crippen LogP contribution >= 0.6 is 0 Å². The lowest BCUT2D eigenvalue weighted by Gasteiger charge is -2.46. The summed E-state index contributed by atoms with van der Waals surface area (Å²) < 4.78 is 43.5. The molecule has 1 aromatic rings. The second kappa shape index (κ2) is 12.4. The van der Waals surface area contributed by atoms with Gasteiger partial charge < -0.3 is 24.6 Å². The molecule has 1 saturated carbocycles. The number of hydrogen-bond acceptors (Lipinski definition) is 9. The lowest BCUT2D eigenvalue weighted by atomic mass is 9.64. The largest absolute Gasteiger partial charge is 0.469 e. The van der Waals surface area contributed by atoms with Gasteiger partial charge in [-0.3, -0.25) is 9.59 Å². The van der Waals surface area contributed by atoms with Crippen molar-refractivity contribution in [3.63, 3.8) is 0 Å². The number of hydrogen-bond donors (Lipinski definition) is 2. The van der Waals surface area contributed by atoms with Crippen LogP contribution in [-0.4, -0.2) is 81.4 Å². The molecule has 2 aliphatic rings. The fraction of sp³-hybridized carbons (Fsp3) is 0.654. The molecule has 2 fully saturated rings. The number of β-amino-alcohol motifs (C(OH)–C–C–N with tert-alkyl or cyclic N) is 1. The minimum Gasteiger partial charge on any atom is -0.469 e. The van der Waals surface area contributed by atoms with Crippen molar-refractivity contribution in [2.75, 3.05) is 33.9 Å². The maximum Gasteiger partial charge on any atom is 0.407 e. The molecular weight excluding hydrogens is 516 g/mol. The van der Waals surface area contributed by atoms with E-state index in [2.05, 4.69) is 12.2 Å². The fourth-order valence-electron chi connectivity index (χ4n) is 5.43. The molecule has 1 heterocycles. The van der Waals surface area contributed by atoms with Gasteiger partial charge in [0.25, 0.3) is 0 Å². The first-order valence-electron chi connectivity index (χ1n) is 12.9. The first-order chi connectivity index (χ1) is 18.0. The summed E-state index contributed by atoms with van der Waals surface area (Å²) in [5, 5.41) is 14.6. The molecule has 1 unspecified atom stereocenters. The number of unbranched alkanes of at least 4 members (excludes halogenated alkanes) is 3. The Bertz CT molecular complexity index is 1110. The highest BCUT2D eigenvalue weighted by Crippen LogP contribution is 2.49. The van der Waals surface area contributed by atoms with Crippen LogP contribution in [0.15, 0.2) is 29.2 Å². The molecule has 1 aromatic carbocycles. The van der Waals surface area contributed by atoms with E-state index in [1.165, 1.54) is 19.2 Å². The highest BCUT2D eigenvalue weighted by atomic mass is 32.2. The number of carbonyl (C=O) groups is 3. The fourth-order valence-corrected chi connectivity index (χ4v) is 6.94. The van der Waals surface area contributed by atoms with Crippen LogP contribution in [0, 0.1) is 24.7 Å².